The van der Waals surface area contributed by atoms with E-state index in [1.165, 1.54) is 16.7 Å². The number of hydrogen-bond acceptors (Lipinski definition) is 1. The van der Waals surface area contributed by atoms with Crippen molar-refractivity contribution < 1.29 is 4.79 Å². The summed E-state index contributed by atoms with van der Waals surface area (Å²) in [6.45, 7) is 8.50. The van der Waals surface area contributed by atoms with Gasteiger partial charge in [-0.2, -0.15) is 0 Å². The van der Waals surface area contributed by atoms with Gasteiger partial charge in [-0.3, -0.25) is 0 Å². The van der Waals surface area contributed by atoms with Crippen LogP contribution < -0.4 is 0 Å². The standard InChI is InChI=1S/C10H14.CH2O/c1-4-10-6-5-8(2)7-9(10)3;1-2/h5-7H,4H2,1-3H3;1H2. The SMILES string of the molecule is C=O.CCc1ccc(C)cc1C. The van der Waals surface area contributed by atoms with Gasteiger partial charge in [-0.25, -0.2) is 0 Å². The van der Waals surface area contributed by atoms with Crippen LogP contribution in [0, 0.1) is 13.8 Å². The molecule has 0 atom stereocenters. The molecule has 66 valence electrons. The molecular weight excluding hydrogens is 148 g/mol. The Morgan fingerprint density at radius 3 is 2.25 bits per heavy atom. The molecule has 0 aromatic heterocycles. The lowest BCUT2D eigenvalue weighted by Gasteiger charge is -2.02. The normalized spacial score (nSPS) is 8.58. The molecule has 1 heteroatoms. The minimum Gasteiger partial charge on any atom is -0.307 e. The minimum atomic E-state index is 1.14. The van der Waals surface area contributed by atoms with Crippen molar-refractivity contribution in [2.75, 3.05) is 0 Å². The molecule has 12 heavy (non-hydrogen) atoms. The van der Waals surface area contributed by atoms with Crippen molar-refractivity contribution in [1.29, 1.82) is 0 Å². The van der Waals surface area contributed by atoms with E-state index >= 15 is 0 Å². The second kappa shape index (κ2) is 5.53. The van der Waals surface area contributed by atoms with Crippen LogP contribution in [0.5, 0.6) is 0 Å². The summed E-state index contributed by atoms with van der Waals surface area (Å²) < 4.78 is 0. The van der Waals surface area contributed by atoms with Gasteiger partial charge in [-0.05, 0) is 31.4 Å². The first-order valence-electron chi connectivity index (χ1n) is 4.09. The van der Waals surface area contributed by atoms with Crippen molar-refractivity contribution in [3.63, 3.8) is 0 Å². The van der Waals surface area contributed by atoms with Gasteiger partial charge in [0.25, 0.3) is 0 Å². The Labute approximate surface area is 74.4 Å². The molecule has 0 amide bonds. The molecule has 0 aliphatic carbocycles. The summed E-state index contributed by atoms with van der Waals surface area (Å²) in [4.78, 5) is 8.00. The molecule has 0 unspecified atom stereocenters. The fraction of sp³-hybridized carbons (Fsp3) is 0.364. The van der Waals surface area contributed by atoms with Crippen molar-refractivity contribution in [3.8, 4) is 0 Å². The third-order valence-corrected chi connectivity index (χ3v) is 1.88. The van der Waals surface area contributed by atoms with E-state index in [1.54, 1.807) is 0 Å². The first kappa shape index (κ1) is 10.9. The summed E-state index contributed by atoms with van der Waals surface area (Å²) in [5.74, 6) is 0. The zero-order valence-corrected chi connectivity index (χ0v) is 8.05. The van der Waals surface area contributed by atoms with Crippen LogP contribution in [0.4, 0.5) is 0 Å². The number of hydrogen-bond donors (Lipinski definition) is 0. The monoisotopic (exact) mass is 164 g/mol. The van der Waals surface area contributed by atoms with E-state index in [2.05, 4.69) is 39.0 Å². The molecule has 0 saturated heterocycles. The number of benzene rings is 1. The van der Waals surface area contributed by atoms with Crippen LogP contribution in [0.3, 0.4) is 0 Å². The molecule has 0 N–H and O–H groups in total. The minimum absolute atomic E-state index is 1.14. The Morgan fingerprint density at radius 2 is 1.83 bits per heavy atom. The highest BCUT2D eigenvalue weighted by Gasteiger charge is 1.93. The average Bonchev–Trinajstić information content (AvgIpc) is 2.08. The van der Waals surface area contributed by atoms with Gasteiger partial charge < -0.3 is 4.79 Å². The molecular formula is C11H16O. The highest BCUT2D eigenvalue weighted by Crippen LogP contribution is 2.10. The fourth-order valence-electron chi connectivity index (χ4n) is 1.24. The predicted octanol–water partition coefficient (Wildman–Crippen LogP) is 2.68. The quantitative estimate of drug-likeness (QED) is 0.623. The third kappa shape index (κ3) is 2.87. The lowest BCUT2D eigenvalue weighted by atomic mass is 10.0. The van der Waals surface area contributed by atoms with Gasteiger partial charge in [-0.1, -0.05) is 30.7 Å². The average molecular weight is 164 g/mol. The van der Waals surface area contributed by atoms with Crippen molar-refractivity contribution in [2.45, 2.75) is 27.2 Å². The lowest BCUT2D eigenvalue weighted by Crippen LogP contribution is -1.85. The molecule has 0 aliphatic heterocycles. The highest BCUT2D eigenvalue weighted by atomic mass is 16.1. The Bertz CT molecular complexity index is 241. The predicted molar refractivity (Wildman–Crippen MR) is 52.4 cm³/mol. The molecule has 1 nitrogen and oxygen atoms in total. The maximum Gasteiger partial charge on any atom is 0.106 e. The van der Waals surface area contributed by atoms with Crippen LogP contribution in [0.1, 0.15) is 23.6 Å². The van der Waals surface area contributed by atoms with E-state index in [-0.39, 0.29) is 0 Å². The van der Waals surface area contributed by atoms with Crippen LogP contribution in [-0.2, 0) is 11.2 Å². The summed E-state index contributed by atoms with van der Waals surface area (Å²) in [5.41, 5.74) is 4.24. The van der Waals surface area contributed by atoms with Gasteiger partial charge in [0.15, 0.2) is 0 Å². The largest absolute Gasteiger partial charge is 0.307 e. The molecule has 0 fully saturated rings. The lowest BCUT2D eigenvalue weighted by molar-refractivity contribution is -0.0979. The molecule has 1 aromatic carbocycles. The van der Waals surface area contributed by atoms with Gasteiger partial charge in [0, 0.05) is 0 Å². The molecule has 0 saturated carbocycles. The zero-order valence-electron chi connectivity index (χ0n) is 8.05. The van der Waals surface area contributed by atoms with E-state index in [1.807, 2.05) is 6.79 Å². The van der Waals surface area contributed by atoms with Gasteiger partial charge >= 0.3 is 0 Å². The summed E-state index contributed by atoms with van der Waals surface area (Å²) in [6, 6.07) is 6.62. The van der Waals surface area contributed by atoms with E-state index in [0.29, 0.717) is 0 Å². The smallest absolute Gasteiger partial charge is 0.106 e. The number of aryl methyl sites for hydroxylation is 3. The van der Waals surface area contributed by atoms with Gasteiger partial charge in [0.05, 0.1) is 0 Å². The van der Waals surface area contributed by atoms with Crippen LogP contribution in [0.25, 0.3) is 0 Å². The maximum atomic E-state index is 8.00. The van der Waals surface area contributed by atoms with E-state index in [9.17, 15) is 0 Å². The first-order valence-corrected chi connectivity index (χ1v) is 4.09. The Morgan fingerprint density at radius 1 is 1.25 bits per heavy atom. The van der Waals surface area contributed by atoms with E-state index in [4.69, 9.17) is 4.79 Å². The van der Waals surface area contributed by atoms with Crippen molar-refractivity contribution in [2.24, 2.45) is 0 Å². The molecule has 1 aromatic rings. The van der Waals surface area contributed by atoms with E-state index < -0.39 is 0 Å². The molecule has 1 rings (SSSR count). The Hall–Kier alpha value is -1.11. The molecule has 0 heterocycles. The second-order valence-electron chi connectivity index (χ2n) is 2.78. The van der Waals surface area contributed by atoms with Crippen molar-refractivity contribution >= 4 is 6.79 Å². The molecule has 0 aliphatic rings. The van der Waals surface area contributed by atoms with Crippen LogP contribution in [0.15, 0.2) is 18.2 Å². The summed E-state index contributed by atoms with van der Waals surface area (Å²) >= 11 is 0. The number of carbonyl (C=O) groups excluding carboxylic acids is 1. The van der Waals surface area contributed by atoms with Crippen molar-refractivity contribution in [1.82, 2.24) is 0 Å². The first-order chi connectivity index (χ1) is 5.74. The van der Waals surface area contributed by atoms with Crippen LogP contribution >= 0.6 is 0 Å². The van der Waals surface area contributed by atoms with Crippen LogP contribution in [0.2, 0.25) is 0 Å². The number of rotatable bonds is 1. The third-order valence-electron chi connectivity index (χ3n) is 1.88. The van der Waals surface area contributed by atoms with Crippen molar-refractivity contribution in [3.05, 3.63) is 34.9 Å². The maximum absolute atomic E-state index is 8.00. The van der Waals surface area contributed by atoms with Gasteiger partial charge in [0.1, 0.15) is 6.79 Å². The number of carbonyl (C=O) groups is 1. The zero-order chi connectivity index (χ0) is 9.56. The molecule has 0 bridgehead atoms. The van der Waals surface area contributed by atoms with Gasteiger partial charge in [-0.15, -0.1) is 0 Å². The Balaban J connectivity index is 0.000000561. The highest BCUT2D eigenvalue weighted by molar-refractivity contribution is 5.30. The van der Waals surface area contributed by atoms with Gasteiger partial charge in [0.2, 0.25) is 0 Å². The summed E-state index contributed by atoms with van der Waals surface area (Å²) in [6.07, 6.45) is 1.14. The molecule has 0 spiro atoms. The summed E-state index contributed by atoms with van der Waals surface area (Å²) in [5, 5.41) is 0. The molecule has 0 radical (unpaired) electrons. The summed E-state index contributed by atoms with van der Waals surface area (Å²) in [7, 11) is 0. The van der Waals surface area contributed by atoms with E-state index in [0.717, 1.165) is 6.42 Å². The Kier molecular flexibility index (Phi) is 5.02. The van der Waals surface area contributed by atoms with Crippen LogP contribution in [-0.4, -0.2) is 6.79 Å². The fourth-order valence-corrected chi connectivity index (χ4v) is 1.24. The second-order valence-corrected chi connectivity index (χ2v) is 2.78. The topological polar surface area (TPSA) is 17.1 Å².